The monoisotopic (exact) mass is 450 g/mol. The molecule has 1 aliphatic rings. The quantitative estimate of drug-likeness (QED) is 0.450. The number of thioether (sulfide) groups is 1. The molecule has 2 N–H and O–H groups in total. The smallest absolute Gasteiger partial charge is 0.242 e. The third kappa shape index (κ3) is 3.58. The minimum absolute atomic E-state index is 0.00361. The Hall–Kier alpha value is -3.14. The van der Waals surface area contributed by atoms with Crippen molar-refractivity contribution in [2.45, 2.75) is 50.6 Å². The van der Waals surface area contributed by atoms with Crippen LogP contribution in [0.5, 0.6) is 0 Å². The number of fused-ring (bicyclic) bond motifs is 3. The summed E-state index contributed by atoms with van der Waals surface area (Å²) in [7, 11) is 0. The van der Waals surface area contributed by atoms with Crippen molar-refractivity contribution in [3.63, 3.8) is 0 Å². The molecule has 10 heteroatoms. The van der Waals surface area contributed by atoms with E-state index < -0.39 is 0 Å². The molecular formula is C22H26N8OS. The molecule has 0 unspecified atom stereocenters. The maximum absolute atomic E-state index is 12.6. The van der Waals surface area contributed by atoms with E-state index in [4.69, 9.17) is 15.1 Å². The molecule has 1 fully saturated rings. The Morgan fingerprint density at radius 1 is 1.25 bits per heavy atom. The van der Waals surface area contributed by atoms with E-state index in [1.54, 1.807) is 16.3 Å². The lowest BCUT2D eigenvalue weighted by molar-refractivity contribution is -0.121. The zero-order valence-electron chi connectivity index (χ0n) is 18.4. The Bertz CT molecular complexity index is 1310. The minimum Gasteiger partial charge on any atom is -0.354 e. The minimum atomic E-state index is -0.357. The van der Waals surface area contributed by atoms with Gasteiger partial charge in [0.1, 0.15) is 6.04 Å². The third-order valence-corrected chi connectivity index (χ3v) is 6.60. The Kier molecular flexibility index (Phi) is 5.46. The van der Waals surface area contributed by atoms with E-state index in [1.807, 2.05) is 42.3 Å². The first kappa shape index (κ1) is 20.7. The van der Waals surface area contributed by atoms with Gasteiger partial charge in [0, 0.05) is 29.6 Å². The summed E-state index contributed by atoms with van der Waals surface area (Å²) in [6, 6.07) is 5.71. The van der Waals surface area contributed by atoms with Crippen LogP contribution in [-0.4, -0.2) is 54.1 Å². The molecular weight excluding hydrogens is 424 g/mol. The molecule has 0 spiro atoms. The maximum Gasteiger partial charge on any atom is 0.242 e. The lowest BCUT2D eigenvalue weighted by Crippen LogP contribution is -2.38. The number of nitrogens with one attached hydrogen (secondary N) is 2. The summed E-state index contributed by atoms with van der Waals surface area (Å²) in [5, 5.41) is 16.6. The van der Waals surface area contributed by atoms with Gasteiger partial charge in [-0.3, -0.25) is 9.48 Å². The van der Waals surface area contributed by atoms with E-state index in [-0.39, 0.29) is 11.9 Å². The first-order valence-corrected chi connectivity index (χ1v) is 12.1. The van der Waals surface area contributed by atoms with Crippen LogP contribution in [-0.2, 0) is 11.3 Å². The number of benzene rings is 1. The number of aromatic nitrogens is 6. The summed E-state index contributed by atoms with van der Waals surface area (Å²) in [6.45, 7) is 5.50. The summed E-state index contributed by atoms with van der Waals surface area (Å²) in [5.41, 5.74) is 3.33. The van der Waals surface area contributed by atoms with Gasteiger partial charge in [0.05, 0.1) is 16.8 Å². The Morgan fingerprint density at radius 2 is 2.12 bits per heavy atom. The van der Waals surface area contributed by atoms with Gasteiger partial charge in [-0.25, -0.2) is 9.97 Å². The normalized spacial score (nSPS) is 17.0. The number of aryl methyl sites for hydroxylation is 2. The number of hydrogen-bond donors (Lipinski definition) is 2. The Balaban J connectivity index is 1.70. The fourth-order valence-electron chi connectivity index (χ4n) is 4.11. The number of carbonyl (C=O) groups is 1. The predicted octanol–water partition coefficient (Wildman–Crippen LogP) is 3.27. The number of carbonyl (C=O) groups excluding carboxylic acids is 1. The van der Waals surface area contributed by atoms with Crippen LogP contribution in [0.2, 0.25) is 0 Å². The van der Waals surface area contributed by atoms with Crippen LogP contribution in [0.25, 0.3) is 27.9 Å². The van der Waals surface area contributed by atoms with Crippen molar-refractivity contribution in [1.29, 1.82) is 0 Å². The third-order valence-electron chi connectivity index (χ3n) is 5.84. The van der Waals surface area contributed by atoms with Crippen LogP contribution < -0.4 is 10.6 Å². The molecule has 1 amide bonds. The van der Waals surface area contributed by atoms with Crippen molar-refractivity contribution in [3.05, 3.63) is 30.1 Å². The van der Waals surface area contributed by atoms with Gasteiger partial charge in [-0.05, 0) is 51.5 Å². The number of amides is 1. The van der Waals surface area contributed by atoms with E-state index in [2.05, 4.69) is 22.7 Å². The van der Waals surface area contributed by atoms with Crippen molar-refractivity contribution < 1.29 is 4.79 Å². The van der Waals surface area contributed by atoms with Crippen LogP contribution in [0.15, 0.2) is 29.3 Å². The van der Waals surface area contributed by atoms with Crippen LogP contribution in [0.3, 0.4) is 0 Å². The molecule has 1 atom stereocenters. The van der Waals surface area contributed by atoms with Crippen molar-refractivity contribution >= 4 is 40.2 Å². The number of rotatable bonds is 5. The fourth-order valence-corrected chi connectivity index (χ4v) is 4.67. The zero-order valence-corrected chi connectivity index (χ0v) is 19.2. The van der Waals surface area contributed by atoms with E-state index in [1.165, 1.54) is 0 Å². The molecule has 0 bridgehead atoms. The molecule has 4 aromatic rings. The average molecular weight is 451 g/mol. The Labute approximate surface area is 190 Å². The van der Waals surface area contributed by atoms with E-state index in [0.717, 1.165) is 52.9 Å². The van der Waals surface area contributed by atoms with Crippen molar-refractivity contribution in [2.75, 3.05) is 18.1 Å². The second-order valence-corrected chi connectivity index (χ2v) is 8.78. The highest BCUT2D eigenvalue weighted by atomic mass is 32.2. The van der Waals surface area contributed by atoms with Crippen molar-refractivity contribution in [3.8, 4) is 11.4 Å². The van der Waals surface area contributed by atoms with Gasteiger partial charge in [0.2, 0.25) is 11.9 Å². The predicted molar refractivity (Wildman–Crippen MR) is 126 cm³/mol. The molecule has 0 aliphatic carbocycles. The van der Waals surface area contributed by atoms with Gasteiger partial charge in [-0.2, -0.15) is 9.61 Å². The molecule has 0 saturated carbocycles. The van der Waals surface area contributed by atoms with Crippen LogP contribution >= 0.6 is 11.8 Å². The highest BCUT2D eigenvalue weighted by Gasteiger charge is 2.24. The number of anilines is 1. The standard InChI is InChI=1S/C22H26N8OS/c1-4-29-12-15(13(2)27-29)19-26-20-14-8-7-10-17(32-3)18(14)25-22(30(20)28-19)24-16-9-5-6-11-23-21(16)31/h7-8,10,12,16H,4-6,9,11H2,1-3H3,(H,23,31)(H,24,25)/t16-/m1/s1. The molecule has 1 aromatic carbocycles. The largest absolute Gasteiger partial charge is 0.354 e. The number of nitrogens with zero attached hydrogens (tertiary/aromatic N) is 6. The topological polar surface area (TPSA) is 102 Å². The molecule has 0 radical (unpaired) electrons. The fraction of sp³-hybridized carbons (Fsp3) is 0.409. The second kappa shape index (κ2) is 8.42. The summed E-state index contributed by atoms with van der Waals surface area (Å²) in [5.74, 6) is 1.12. The van der Waals surface area contributed by atoms with E-state index in [0.29, 0.717) is 24.0 Å². The highest BCUT2D eigenvalue weighted by molar-refractivity contribution is 7.98. The molecule has 4 heterocycles. The summed E-state index contributed by atoms with van der Waals surface area (Å²) in [4.78, 5) is 23.4. The molecule has 5 rings (SSSR count). The van der Waals surface area contributed by atoms with Crippen LogP contribution in [0.1, 0.15) is 31.9 Å². The summed E-state index contributed by atoms with van der Waals surface area (Å²) in [6.07, 6.45) is 6.71. The first-order chi connectivity index (χ1) is 15.6. The van der Waals surface area contributed by atoms with Gasteiger partial charge < -0.3 is 10.6 Å². The SMILES string of the molecule is CCn1cc(-c2nc3c4cccc(SC)c4nc(N[C@@H]4CCCCNC4=O)n3n2)c(C)n1. The van der Waals surface area contributed by atoms with Crippen LogP contribution in [0.4, 0.5) is 5.95 Å². The van der Waals surface area contributed by atoms with Gasteiger partial charge >= 0.3 is 0 Å². The molecule has 166 valence electrons. The molecule has 3 aromatic heterocycles. The van der Waals surface area contributed by atoms with Gasteiger partial charge in [0.25, 0.3) is 0 Å². The summed E-state index contributed by atoms with van der Waals surface area (Å²) < 4.78 is 3.61. The van der Waals surface area contributed by atoms with Gasteiger partial charge in [-0.15, -0.1) is 16.9 Å². The van der Waals surface area contributed by atoms with Crippen LogP contribution in [0, 0.1) is 6.92 Å². The summed E-state index contributed by atoms with van der Waals surface area (Å²) >= 11 is 1.64. The lowest BCUT2D eigenvalue weighted by atomic mass is 10.1. The van der Waals surface area contributed by atoms with E-state index >= 15 is 0 Å². The number of para-hydroxylation sites is 1. The zero-order chi connectivity index (χ0) is 22.2. The molecule has 9 nitrogen and oxygen atoms in total. The van der Waals surface area contributed by atoms with Crippen molar-refractivity contribution in [2.24, 2.45) is 0 Å². The lowest BCUT2D eigenvalue weighted by Gasteiger charge is -2.17. The van der Waals surface area contributed by atoms with Gasteiger partial charge in [-0.1, -0.05) is 6.07 Å². The van der Waals surface area contributed by atoms with E-state index in [9.17, 15) is 4.79 Å². The molecule has 32 heavy (non-hydrogen) atoms. The Morgan fingerprint density at radius 3 is 2.91 bits per heavy atom. The first-order valence-electron chi connectivity index (χ1n) is 10.9. The average Bonchev–Trinajstić information content (AvgIpc) is 3.35. The highest BCUT2D eigenvalue weighted by Crippen LogP contribution is 2.31. The van der Waals surface area contributed by atoms with Gasteiger partial charge in [0.15, 0.2) is 11.5 Å². The van der Waals surface area contributed by atoms with Crippen molar-refractivity contribution in [1.82, 2.24) is 34.7 Å². The maximum atomic E-state index is 12.6. The number of hydrogen-bond acceptors (Lipinski definition) is 7. The molecule has 1 aliphatic heterocycles. The second-order valence-electron chi connectivity index (χ2n) is 7.93. The molecule has 1 saturated heterocycles.